The molecule has 9 heteroatoms. The van der Waals surface area contributed by atoms with Gasteiger partial charge < -0.3 is 10.1 Å². The van der Waals surface area contributed by atoms with Crippen LogP contribution in [0.2, 0.25) is 10.0 Å². The Balaban J connectivity index is 1.96. The molecule has 0 unspecified atom stereocenters. The first-order valence-corrected chi connectivity index (χ1v) is 14.1. The van der Waals surface area contributed by atoms with Crippen molar-refractivity contribution in [3.63, 3.8) is 0 Å². The number of nitrogens with zero attached hydrogens (tertiary/aromatic N) is 1. The van der Waals surface area contributed by atoms with Crippen molar-refractivity contribution < 1.29 is 17.9 Å². The van der Waals surface area contributed by atoms with E-state index >= 15 is 0 Å². The van der Waals surface area contributed by atoms with Crippen molar-refractivity contribution in [1.82, 2.24) is 5.32 Å². The van der Waals surface area contributed by atoms with Crippen LogP contribution in [-0.4, -0.2) is 28.0 Å². The lowest BCUT2D eigenvalue weighted by molar-refractivity contribution is -0.120. The predicted molar refractivity (Wildman–Crippen MR) is 151 cm³/mol. The Morgan fingerprint density at radius 1 is 0.973 bits per heavy atom. The number of hydrogen-bond acceptors (Lipinski definition) is 4. The third-order valence-electron chi connectivity index (χ3n) is 6.16. The molecule has 1 N–H and O–H groups in total. The topological polar surface area (TPSA) is 75.7 Å². The van der Waals surface area contributed by atoms with Crippen LogP contribution < -0.4 is 14.4 Å². The van der Waals surface area contributed by atoms with Gasteiger partial charge in [-0.15, -0.1) is 0 Å². The molecule has 0 radical (unpaired) electrons. The molecule has 0 aliphatic carbocycles. The fourth-order valence-electron chi connectivity index (χ4n) is 4.12. The molecule has 198 valence electrons. The Kier molecular flexibility index (Phi) is 9.16. The highest BCUT2D eigenvalue weighted by molar-refractivity contribution is 7.92. The van der Waals surface area contributed by atoms with E-state index in [9.17, 15) is 13.2 Å². The summed E-state index contributed by atoms with van der Waals surface area (Å²) in [5, 5.41) is 3.40. The van der Waals surface area contributed by atoms with Crippen LogP contribution in [0.25, 0.3) is 0 Å². The van der Waals surface area contributed by atoms with E-state index < -0.39 is 22.5 Å². The van der Waals surface area contributed by atoms with Crippen LogP contribution >= 0.6 is 23.2 Å². The number of nitrogens with one attached hydrogen (secondary N) is 1. The summed E-state index contributed by atoms with van der Waals surface area (Å²) < 4.78 is 33.9. The van der Waals surface area contributed by atoms with E-state index in [1.165, 1.54) is 24.3 Å². The number of sulfonamides is 1. The number of rotatable bonds is 9. The van der Waals surface area contributed by atoms with Gasteiger partial charge >= 0.3 is 0 Å². The molecule has 3 aromatic carbocycles. The zero-order valence-corrected chi connectivity index (χ0v) is 24.1. The van der Waals surface area contributed by atoms with Crippen molar-refractivity contribution in [2.24, 2.45) is 0 Å². The number of methoxy groups -OCH3 is 1. The van der Waals surface area contributed by atoms with E-state index in [2.05, 4.69) is 19.2 Å². The smallest absolute Gasteiger partial charge is 0.264 e. The summed E-state index contributed by atoms with van der Waals surface area (Å²) >= 11 is 12.6. The maximum Gasteiger partial charge on any atom is 0.264 e. The molecule has 0 aliphatic heterocycles. The molecule has 0 aromatic heterocycles. The minimum Gasteiger partial charge on any atom is -0.496 e. The highest BCUT2D eigenvalue weighted by Crippen LogP contribution is 2.34. The molecule has 0 aliphatic rings. The first kappa shape index (κ1) is 28.8. The molecule has 0 saturated carbocycles. The molecule has 3 rings (SSSR count). The van der Waals surface area contributed by atoms with Crippen molar-refractivity contribution in [2.75, 3.05) is 18.0 Å². The van der Waals surface area contributed by atoms with Crippen molar-refractivity contribution in [1.29, 1.82) is 0 Å². The number of benzene rings is 3. The molecular formula is C28H32Cl2N2O4S. The van der Waals surface area contributed by atoms with E-state index in [-0.39, 0.29) is 27.6 Å². The molecule has 37 heavy (non-hydrogen) atoms. The van der Waals surface area contributed by atoms with Crippen LogP contribution in [-0.2, 0) is 14.8 Å². The van der Waals surface area contributed by atoms with Gasteiger partial charge in [-0.3, -0.25) is 9.10 Å². The van der Waals surface area contributed by atoms with Crippen molar-refractivity contribution >= 4 is 44.8 Å². The van der Waals surface area contributed by atoms with E-state index in [1.807, 2.05) is 32.9 Å². The highest BCUT2D eigenvalue weighted by atomic mass is 35.5. The Bertz CT molecular complexity index is 1390. The minimum absolute atomic E-state index is 0.0440. The lowest BCUT2D eigenvalue weighted by atomic mass is 9.93. The summed E-state index contributed by atoms with van der Waals surface area (Å²) in [6.07, 6.45) is 0. The van der Waals surface area contributed by atoms with E-state index in [1.54, 1.807) is 25.3 Å². The normalized spacial score (nSPS) is 12.4. The average molecular weight is 564 g/mol. The quantitative estimate of drug-likeness (QED) is 0.310. The Labute approximate surface area is 229 Å². The second kappa shape index (κ2) is 11.8. The summed E-state index contributed by atoms with van der Waals surface area (Å²) in [6, 6.07) is 14.5. The minimum atomic E-state index is -4.13. The molecular weight excluding hydrogens is 531 g/mol. The van der Waals surface area contributed by atoms with Gasteiger partial charge in [-0.1, -0.05) is 54.7 Å². The lowest BCUT2D eigenvalue weighted by Crippen LogP contribution is -2.41. The first-order valence-electron chi connectivity index (χ1n) is 11.9. The van der Waals surface area contributed by atoms with Crippen LogP contribution in [0.5, 0.6) is 5.75 Å². The van der Waals surface area contributed by atoms with Crippen molar-refractivity contribution in [3.8, 4) is 5.75 Å². The predicted octanol–water partition coefficient (Wildman–Crippen LogP) is 6.81. The third-order valence-corrected chi connectivity index (χ3v) is 8.49. The number of aryl methyl sites for hydroxylation is 2. The maximum atomic E-state index is 13.7. The maximum absolute atomic E-state index is 13.7. The van der Waals surface area contributed by atoms with E-state index in [0.29, 0.717) is 5.02 Å². The van der Waals surface area contributed by atoms with Gasteiger partial charge in [0, 0.05) is 5.02 Å². The highest BCUT2D eigenvalue weighted by Gasteiger charge is 2.29. The zero-order valence-electron chi connectivity index (χ0n) is 21.8. The summed E-state index contributed by atoms with van der Waals surface area (Å²) in [7, 11) is -2.49. The van der Waals surface area contributed by atoms with Gasteiger partial charge in [0.25, 0.3) is 10.0 Å². The van der Waals surface area contributed by atoms with E-state index in [4.69, 9.17) is 27.9 Å². The van der Waals surface area contributed by atoms with Gasteiger partial charge in [0.15, 0.2) is 0 Å². The number of ether oxygens (including phenoxy) is 1. The standard InChI is InChI=1S/C28H32Cl2N2O4S/c1-17(2)23-15-24(19(4)13-27(23)36-6)20(5)31-28(33)16-32(26-14-21(29)9-12-25(26)30)37(34,35)22-10-7-18(3)8-11-22/h7-15,17,20H,16H2,1-6H3,(H,31,33)/t20-/m1/s1. The first-order chi connectivity index (χ1) is 17.3. The molecule has 0 heterocycles. The Morgan fingerprint density at radius 2 is 1.62 bits per heavy atom. The number of anilines is 1. The van der Waals surface area contributed by atoms with Crippen LogP contribution in [0, 0.1) is 13.8 Å². The summed E-state index contributed by atoms with van der Waals surface area (Å²) in [4.78, 5) is 13.3. The van der Waals surface area contributed by atoms with Gasteiger partial charge in [-0.05, 0) is 85.8 Å². The lowest BCUT2D eigenvalue weighted by Gasteiger charge is -2.26. The van der Waals surface area contributed by atoms with E-state index in [0.717, 1.165) is 32.3 Å². The summed E-state index contributed by atoms with van der Waals surface area (Å²) in [5.74, 6) is 0.526. The number of carbonyl (C=O) groups is 1. The third kappa shape index (κ3) is 6.58. The van der Waals surface area contributed by atoms with Gasteiger partial charge in [0.1, 0.15) is 12.3 Å². The molecule has 3 aromatic rings. The Morgan fingerprint density at radius 3 is 2.22 bits per heavy atom. The van der Waals surface area contributed by atoms with Crippen LogP contribution in [0.4, 0.5) is 5.69 Å². The molecule has 0 bridgehead atoms. The van der Waals surface area contributed by atoms with Gasteiger partial charge in [0.2, 0.25) is 5.91 Å². The molecule has 1 amide bonds. The molecule has 1 atom stereocenters. The number of halogens is 2. The fraction of sp³-hybridized carbons (Fsp3) is 0.321. The van der Waals surface area contributed by atoms with Gasteiger partial charge in [-0.25, -0.2) is 8.42 Å². The number of carbonyl (C=O) groups excluding carboxylic acids is 1. The average Bonchev–Trinajstić information content (AvgIpc) is 2.83. The fourth-order valence-corrected chi connectivity index (χ4v) is 5.99. The molecule has 0 fully saturated rings. The monoisotopic (exact) mass is 562 g/mol. The van der Waals surface area contributed by atoms with Crippen LogP contribution in [0.3, 0.4) is 0 Å². The van der Waals surface area contributed by atoms with Gasteiger partial charge in [0.05, 0.1) is 28.8 Å². The van der Waals surface area contributed by atoms with Gasteiger partial charge in [-0.2, -0.15) is 0 Å². The second-order valence-corrected chi connectivity index (χ2v) is 12.0. The van der Waals surface area contributed by atoms with Crippen LogP contribution in [0.15, 0.2) is 59.5 Å². The summed E-state index contributed by atoms with van der Waals surface area (Å²) in [6.45, 7) is 9.34. The molecule has 0 saturated heterocycles. The SMILES string of the molecule is COc1cc(C)c([C@@H](C)NC(=O)CN(c2cc(Cl)ccc2Cl)S(=O)(=O)c2ccc(C)cc2)cc1C(C)C. The second-order valence-electron chi connectivity index (χ2n) is 9.32. The Hall–Kier alpha value is -2.74. The largest absolute Gasteiger partial charge is 0.496 e. The molecule has 0 spiro atoms. The number of hydrogen-bond donors (Lipinski definition) is 1. The zero-order chi connectivity index (χ0) is 27.5. The van der Waals surface area contributed by atoms with Crippen LogP contribution in [0.1, 0.15) is 55.0 Å². The number of amides is 1. The summed E-state index contributed by atoms with van der Waals surface area (Å²) in [5.41, 5.74) is 3.94. The van der Waals surface area contributed by atoms with Crippen molar-refractivity contribution in [2.45, 2.75) is 51.5 Å². The molecule has 6 nitrogen and oxygen atoms in total. The van der Waals surface area contributed by atoms with Crippen molar-refractivity contribution in [3.05, 3.63) is 86.9 Å².